The van der Waals surface area contributed by atoms with Gasteiger partial charge in [0.2, 0.25) is 5.91 Å². The van der Waals surface area contributed by atoms with Crippen LogP contribution in [0.3, 0.4) is 0 Å². The summed E-state index contributed by atoms with van der Waals surface area (Å²) < 4.78 is 0. The summed E-state index contributed by atoms with van der Waals surface area (Å²) in [5.41, 5.74) is 2.83. The van der Waals surface area contributed by atoms with Crippen LogP contribution in [0.2, 0.25) is 0 Å². The van der Waals surface area contributed by atoms with E-state index in [1.54, 1.807) is 5.06 Å². The van der Waals surface area contributed by atoms with E-state index in [9.17, 15) is 14.7 Å². The second-order valence-corrected chi connectivity index (χ2v) is 9.24. The summed E-state index contributed by atoms with van der Waals surface area (Å²) >= 11 is 0. The number of phenolic OH excluding ortho intramolecular Hbond substituents is 1. The van der Waals surface area contributed by atoms with Crippen LogP contribution in [0, 0.1) is 19.8 Å². The molecule has 2 aromatic rings. The molecule has 0 radical (unpaired) electrons. The lowest BCUT2D eigenvalue weighted by Crippen LogP contribution is -2.44. The van der Waals surface area contributed by atoms with Crippen molar-refractivity contribution in [3.8, 4) is 5.75 Å². The third kappa shape index (κ3) is 3.30. The van der Waals surface area contributed by atoms with Gasteiger partial charge in [0.15, 0.2) is 6.10 Å². The number of carbonyl (C=O) groups is 2. The van der Waals surface area contributed by atoms with Crippen molar-refractivity contribution >= 4 is 11.8 Å². The van der Waals surface area contributed by atoms with Crippen LogP contribution in [0.5, 0.6) is 5.75 Å². The van der Waals surface area contributed by atoms with Crippen LogP contribution in [0.15, 0.2) is 42.5 Å². The summed E-state index contributed by atoms with van der Waals surface area (Å²) in [5.74, 6) is -0.883. The molecule has 30 heavy (non-hydrogen) atoms. The Morgan fingerprint density at radius 3 is 2.17 bits per heavy atom. The summed E-state index contributed by atoms with van der Waals surface area (Å²) in [6, 6.07) is 12.9. The molecule has 2 aromatic carbocycles. The fourth-order valence-electron chi connectivity index (χ4n) is 4.47. The molecule has 2 amide bonds. The highest BCUT2D eigenvalue weighted by Gasteiger charge is 2.61. The minimum Gasteiger partial charge on any atom is -0.507 e. The molecule has 0 spiro atoms. The molecule has 0 bridgehead atoms. The summed E-state index contributed by atoms with van der Waals surface area (Å²) in [6.07, 6.45) is -0.833. The average Bonchev–Trinajstić information content (AvgIpc) is 3.19. The molecular weight excluding hydrogens is 380 g/mol. The van der Waals surface area contributed by atoms with Crippen molar-refractivity contribution in [1.82, 2.24) is 9.96 Å². The average molecular weight is 408 g/mol. The topological polar surface area (TPSA) is 70.1 Å². The molecule has 158 valence electrons. The molecule has 0 aliphatic carbocycles. The summed E-state index contributed by atoms with van der Waals surface area (Å²) in [4.78, 5) is 34.0. The first kappa shape index (κ1) is 20.6. The second kappa shape index (κ2) is 7.22. The van der Waals surface area contributed by atoms with Crippen LogP contribution in [-0.2, 0) is 21.0 Å². The first-order valence-corrected chi connectivity index (χ1v) is 10.2. The summed E-state index contributed by atoms with van der Waals surface area (Å²) in [5, 5.41) is 12.0. The number of amides is 2. The Morgan fingerprint density at radius 1 is 1.00 bits per heavy atom. The number of aromatic hydroxyl groups is 1. The van der Waals surface area contributed by atoms with E-state index < -0.39 is 23.6 Å². The van der Waals surface area contributed by atoms with Gasteiger partial charge in [-0.05, 0) is 56.9 Å². The zero-order valence-corrected chi connectivity index (χ0v) is 18.0. The van der Waals surface area contributed by atoms with Gasteiger partial charge in [-0.3, -0.25) is 19.3 Å². The zero-order chi connectivity index (χ0) is 21.8. The highest BCUT2D eigenvalue weighted by molar-refractivity contribution is 6.07. The van der Waals surface area contributed by atoms with Gasteiger partial charge in [-0.1, -0.05) is 42.5 Å². The number of phenols is 1. The van der Waals surface area contributed by atoms with E-state index in [1.165, 1.54) is 4.90 Å². The van der Waals surface area contributed by atoms with Crippen LogP contribution in [0.4, 0.5) is 0 Å². The Balaban J connectivity index is 1.74. The molecule has 2 heterocycles. The van der Waals surface area contributed by atoms with E-state index in [1.807, 2.05) is 77.1 Å². The van der Waals surface area contributed by atoms with Crippen molar-refractivity contribution in [2.24, 2.45) is 5.92 Å². The standard InChI is InChI=1S/C24H28N2O4/c1-14-11-17(12-15(2)20(14)27)19-18-21(30-26(19)24(3,4)5)23(29)25(22(18)28)13-16-9-7-6-8-10-16/h6-12,18-19,21,27H,13H2,1-5H3. The zero-order valence-electron chi connectivity index (χ0n) is 18.0. The number of fused-ring (bicyclic) bond motifs is 1. The van der Waals surface area contributed by atoms with Crippen molar-refractivity contribution in [2.75, 3.05) is 0 Å². The molecule has 2 aliphatic rings. The Bertz CT molecular complexity index is 973. The van der Waals surface area contributed by atoms with Gasteiger partial charge in [0.1, 0.15) is 5.75 Å². The summed E-state index contributed by atoms with van der Waals surface area (Å²) in [7, 11) is 0. The summed E-state index contributed by atoms with van der Waals surface area (Å²) in [6.45, 7) is 9.91. The molecule has 6 nitrogen and oxygen atoms in total. The Morgan fingerprint density at radius 2 is 1.60 bits per heavy atom. The molecule has 2 fully saturated rings. The van der Waals surface area contributed by atoms with E-state index in [4.69, 9.17) is 4.84 Å². The van der Waals surface area contributed by atoms with Gasteiger partial charge in [-0.25, -0.2) is 0 Å². The van der Waals surface area contributed by atoms with Crippen LogP contribution in [0.25, 0.3) is 0 Å². The Labute approximate surface area is 177 Å². The minimum absolute atomic E-state index is 0.214. The number of hydrogen-bond donors (Lipinski definition) is 1. The van der Waals surface area contributed by atoms with Gasteiger partial charge in [0.25, 0.3) is 5.91 Å². The van der Waals surface area contributed by atoms with Gasteiger partial charge < -0.3 is 5.11 Å². The highest BCUT2D eigenvalue weighted by atomic mass is 16.7. The maximum atomic E-state index is 13.4. The number of hydroxylamine groups is 2. The normalized spacial score (nSPS) is 24.6. The first-order chi connectivity index (χ1) is 14.1. The molecule has 4 rings (SSSR count). The largest absolute Gasteiger partial charge is 0.507 e. The number of hydrogen-bond acceptors (Lipinski definition) is 5. The van der Waals surface area contributed by atoms with Crippen molar-refractivity contribution in [1.29, 1.82) is 0 Å². The predicted molar refractivity (Wildman–Crippen MR) is 112 cm³/mol. The molecule has 0 saturated carbocycles. The van der Waals surface area contributed by atoms with Gasteiger partial charge in [0, 0.05) is 5.54 Å². The molecule has 2 aliphatic heterocycles. The number of nitrogens with zero attached hydrogens (tertiary/aromatic N) is 2. The lowest BCUT2D eigenvalue weighted by atomic mass is 9.87. The van der Waals surface area contributed by atoms with E-state index in [0.29, 0.717) is 0 Å². The SMILES string of the molecule is Cc1cc(C2C3C(=O)N(Cc4ccccc4)C(=O)C3ON2C(C)(C)C)cc(C)c1O. The Kier molecular flexibility index (Phi) is 4.95. The predicted octanol–water partition coefficient (Wildman–Crippen LogP) is 3.65. The van der Waals surface area contributed by atoms with E-state index in [0.717, 1.165) is 22.3 Å². The molecule has 0 aromatic heterocycles. The lowest BCUT2D eigenvalue weighted by Gasteiger charge is -2.37. The van der Waals surface area contributed by atoms with Gasteiger partial charge in [-0.15, -0.1) is 0 Å². The Hall–Kier alpha value is -2.70. The third-order valence-electron chi connectivity index (χ3n) is 5.91. The smallest absolute Gasteiger partial charge is 0.261 e. The monoisotopic (exact) mass is 408 g/mol. The number of imide groups is 1. The lowest BCUT2D eigenvalue weighted by molar-refractivity contribution is -0.216. The van der Waals surface area contributed by atoms with Crippen molar-refractivity contribution in [3.05, 3.63) is 64.7 Å². The first-order valence-electron chi connectivity index (χ1n) is 10.2. The van der Waals surface area contributed by atoms with Crippen LogP contribution < -0.4 is 0 Å². The van der Waals surface area contributed by atoms with Gasteiger partial charge in [-0.2, -0.15) is 5.06 Å². The fraction of sp³-hybridized carbons (Fsp3) is 0.417. The van der Waals surface area contributed by atoms with E-state index >= 15 is 0 Å². The van der Waals surface area contributed by atoms with E-state index in [2.05, 4.69) is 0 Å². The van der Waals surface area contributed by atoms with E-state index in [-0.39, 0.29) is 24.1 Å². The number of rotatable bonds is 3. The van der Waals surface area contributed by atoms with Crippen molar-refractivity contribution in [2.45, 2.75) is 58.8 Å². The molecular formula is C24H28N2O4. The molecule has 1 N–H and O–H groups in total. The van der Waals surface area contributed by atoms with Crippen molar-refractivity contribution < 1.29 is 19.5 Å². The van der Waals surface area contributed by atoms with Crippen LogP contribution in [-0.4, -0.2) is 38.5 Å². The number of carbonyl (C=O) groups excluding carboxylic acids is 2. The fourth-order valence-corrected chi connectivity index (χ4v) is 4.47. The van der Waals surface area contributed by atoms with Gasteiger partial charge >= 0.3 is 0 Å². The maximum Gasteiger partial charge on any atom is 0.261 e. The van der Waals surface area contributed by atoms with Crippen LogP contribution in [0.1, 0.15) is 49.1 Å². The van der Waals surface area contributed by atoms with Gasteiger partial charge in [0.05, 0.1) is 18.5 Å². The maximum absolute atomic E-state index is 13.4. The quantitative estimate of drug-likeness (QED) is 0.785. The number of likely N-dealkylation sites (tertiary alicyclic amines) is 1. The molecule has 2 saturated heterocycles. The highest BCUT2D eigenvalue weighted by Crippen LogP contribution is 2.48. The molecule has 3 unspecified atom stereocenters. The molecule has 6 heteroatoms. The number of aryl methyl sites for hydroxylation is 2. The minimum atomic E-state index is -0.833. The second-order valence-electron chi connectivity index (χ2n) is 9.24. The number of benzene rings is 2. The van der Waals surface area contributed by atoms with Crippen molar-refractivity contribution in [3.63, 3.8) is 0 Å². The molecule has 3 atom stereocenters. The third-order valence-corrected chi connectivity index (χ3v) is 5.91. The van der Waals surface area contributed by atoms with Crippen LogP contribution >= 0.6 is 0 Å².